The van der Waals surface area contributed by atoms with E-state index in [1.807, 2.05) is 31.2 Å². The zero-order valence-electron chi connectivity index (χ0n) is 9.96. The fraction of sp³-hybridized carbons (Fsp3) is 0.0909. The van der Waals surface area contributed by atoms with Crippen LogP contribution in [0.4, 0.5) is 5.82 Å². The van der Waals surface area contributed by atoms with Gasteiger partial charge in [0, 0.05) is 11.2 Å². The Morgan fingerprint density at radius 1 is 1.42 bits per heavy atom. The molecule has 0 aromatic carbocycles. The number of halogens is 1. The third-order valence-corrected chi connectivity index (χ3v) is 4.20. The van der Waals surface area contributed by atoms with E-state index in [0.29, 0.717) is 5.82 Å². The van der Waals surface area contributed by atoms with E-state index >= 15 is 0 Å². The Balaban J connectivity index is 1.80. The van der Waals surface area contributed by atoms with Gasteiger partial charge in [0.25, 0.3) is 0 Å². The van der Waals surface area contributed by atoms with Crippen LogP contribution in [0.25, 0.3) is 5.65 Å². The van der Waals surface area contributed by atoms with E-state index in [-0.39, 0.29) is 0 Å². The largest absolute Gasteiger partial charge is 0.325 e. The molecule has 0 fully saturated rings. The van der Waals surface area contributed by atoms with Gasteiger partial charge in [-0.2, -0.15) is 5.10 Å². The van der Waals surface area contributed by atoms with Crippen molar-refractivity contribution >= 4 is 44.4 Å². The monoisotopic (exact) mass is 337 g/mol. The average molecular weight is 338 g/mol. The Morgan fingerprint density at radius 3 is 3.11 bits per heavy atom. The number of anilines is 1. The van der Waals surface area contributed by atoms with E-state index in [2.05, 4.69) is 41.8 Å². The van der Waals surface area contributed by atoms with Crippen molar-refractivity contribution in [1.29, 1.82) is 0 Å². The number of thiophene rings is 1. The van der Waals surface area contributed by atoms with Crippen molar-refractivity contribution < 1.29 is 4.52 Å². The zero-order chi connectivity index (χ0) is 13.2. The van der Waals surface area contributed by atoms with Crippen molar-refractivity contribution in [1.82, 2.24) is 15.3 Å². The molecule has 3 aromatic rings. The fourth-order valence-corrected chi connectivity index (χ4v) is 2.86. The summed E-state index contributed by atoms with van der Waals surface area (Å²) >= 11 is 5.08. The summed E-state index contributed by atoms with van der Waals surface area (Å²) in [6, 6.07) is 7.72. The second-order valence-corrected chi connectivity index (χ2v) is 6.27. The molecule has 3 aromatic heterocycles. The van der Waals surface area contributed by atoms with Crippen LogP contribution < -0.4 is 9.94 Å². The van der Waals surface area contributed by atoms with Gasteiger partial charge in [0.2, 0.25) is 6.33 Å². The summed E-state index contributed by atoms with van der Waals surface area (Å²) < 4.78 is 2.74. The Morgan fingerprint density at radius 2 is 2.32 bits per heavy atom. The number of rotatable bonds is 3. The van der Waals surface area contributed by atoms with E-state index in [1.54, 1.807) is 22.2 Å². The molecule has 6 nitrogen and oxygen atoms in total. The van der Waals surface area contributed by atoms with Crippen LogP contribution in [0, 0.1) is 0 Å². The van der Waals surface area contributed by atoms with Crippen LogP contribution in [0.2, 0.25) is 0 Å². The number of hydrogen-bond donors (Lipinski definition) is 2. The minimum Gasteiger partial charge on any atom is -0.259 e. The lowest BCUT2D eigenvalue weighted by Gasteiger charge is -1.99. The number of fused-ring (bicyclic) bond motifs is 1. The average Bonchev–Trinajstić information content (AvgIpc) is 3.03. The number of nitrogens with one attached hydrogen (secondary N) is 2. The van der Waals surface area contributed by atoms with Gasteiger partial charge in [0.1, 0.15) is 0 Å². The van der Waals surface area contributed by atoms with Gasteiger partial charge in [-0.25, -0.2) is 0 Å². The molecule has 8 heteroatoms. The third kappa shape index (κ3) is 2.64. The predicted molar refractivity (Wildman–Crippen MR) is 77.4 cm³/mol. The van der Waals surface area contributed by atoms with E-state index in [4.69, 9.17) is 0 Å². The maximum Gasteiger partial charge on any atom is 0.325 e. The van der Waals surface area contributed by atoms with Gasteiger partial charge in [-0.3, -0.25) is 5.43 Å². The summed E-state index contributed by atoms with van der Waals surface area (Å²) in [6.45, 7) is 1.95. The first-order valence-electron chi connectivity index (χ1n) is 5.51. The fourth-order valence-electron chi connectivity index (χ4n) is 1.53. The molecule has 0 unspecified atom stereocenters. The summed E-state index contributed by atoms with van der Waals surface area (Å²) in [7, 11) is 0. The summed E-state index contributed by atoms with van der Waals surface area (Å²) in [5, 5.41) is 15.4. The van der Waals surface area contributed by atoms with Crippen LogP contribution in [0.3, 0.4) is 0 Å². The first-order valence-corrected chi connectivity index (χ1v) is 7.12. The molecular weight excluding hydrogens is 328 g/mol. The summed E-state index contributed by atoms with van der Waals surface area (Å²) in [5.74, 6) is 0.661. The minimum absolute atomic E-state index is 0.661. The van der Waals surface area contributed by atoms with Crippen LogP contribution in [0.15, 0.2) is 39.5 Å². The Hall–Kier alpha value is -1.80. The van der Waals surface area contributed by atoms with Crippen molar-refractivity contribution in [2.24, 2.45) is 5.10 Å². The molecule has 0 aliphatic heterocycles. The number of H-pyrrole nitrogens is 1. The highest BCUT2D eigenvalue weighted by Crippen LogP contribution is 2.22. The first kappa shape index (κ1) is 12.2. The molecule has 0 spiro atoms. The molecule has 2 N–H and O–H groups in total. The Bertz CT molecular complexity index is 746. The number of hydrazone groups is 1. The van der Waals surface area contributed by atoms with Crippen molar-refractivity contribution in [2.75, 3.05) is 5.43 Å². The SMILES string of the molecule is C/C(=N\Nc1ccc2n[nH]c[n+]2n1)c1ccc(Br)s1. The van der Waals surface area contributed by atoms with E-state index in [9.17, 15) is 0 Å². The van der Waals surface area contributed by atoms with Crippen molar-refractivity contribution in [3.63, 3.8) is 0 Å². The highest BCUT2D eigenvalue weighted by molar-refractivity contribution is 9.11. The quantitative estimate of drug-likeness (QED) is 0.437. The van der Waals surface area contributed by atoms with Crippen LogP contribution in [-0.2, 0) is 0 Å². The van der Waals surface area contributed by atoms with Gasteiger partial charge in [0.15, 0.2) is 5.82 Å². The molecule has 0 radical (unpaired) electrons. The third-order valence-electron chi connectivity index (χ3n) is 2.47. The minimum atomic E-state index is 0.661. The van der Waals surface area contributed by atoms with Crippen LogP contribution in [0.1, 0.15) is 11.8 Å². The van der Waals surface area contributed by atoms with Gasteiger partial charge in [-0.05, 0) is 41.1 Å². The topological polar surface area (TPSA) is 70.1 Å². The summed E-state index contributed by atoms with van der Waals surface area (Å²) in [5.41, 5.74) is 4.61. The second-order valence-electron chi connectivity index (χ2n) is 3.80. The van der Waals surface area contributed by atoms with Gasteiger partial charge in [0.05, 0.1) is 14.4 Å². The van der Waals surface area contributed by atoms with Gasteiger partial charge >= 0.3 is 5.65 Å². The molecule has 0 saturated heterocycles. The lowest BCUT2D eigenvalue weighted by molar-refractivity contribution is -0.579. The van der Waals surface area contributed by atoms with Crippen molar-refractivity contribution in [3.8, 4) is 0 Å². The van der Waals surface area contributed by atoms with Gasteiger partial charge in [-0.15, -0.1) is 21.0 Å². The number of aromatic amines is 1. The molecule has 0 bridgehead atoms. The Kier molecular flexibility index (Phi) is 3.26. The smallest absolute Gasteiger partial charge is 0.259 e. The molecule has 0 amide bonds. The molecule has 19 heavy (non-hydrogen) atoms. The first-order chi connectivity index (χ1) is 9.22. The predicted octanol–water partition coefficient (Wildman–Crippen LogP) is 2.20. The summed E-state index contributed by atoms with van der Waals surface area (Å²) in [4.78, 5) is 1.11. The van der Waals surface area contributed by atoms with Crippen LogP contribution in [0.5, 0.6) is 0 Å². The molecule has 0 atom stereocenters. The van der Waals surface area contributed by atoms with Crippen LogP contribution in [-0.4, -0.2) is 21.0 Å². The lowest BCUT2D eigenvalue weighted by Crippen LogP contribution is -2.24. The molecule has 0 aliphatic carbocycles. The second kappa shape index (κ2) is 5.06. The number of hydrogen-bond acceptors (Lipinski definition) is 5. The highest BCUT2D eigenvalue weighted by Gasteiger charge is 2.05. The lowest BCUT2D eigenvalue weighted by atomic mass is 10.3. The number of nitrogens with zero attached hydrogens (tertiary/aromatic N) is 4. The summed E-state index contributed by atoms with van der Waals surface area (Å²) in [6.07, 6.45) is 1.67. The molecule has 0 saturated carbocycles. The van der Waals surface area contributed by atoms with E-state index in [1.165, 1.54) is 0 Å². The maximum absolute atomic E-state index is 4.32. The van der Waals surface area contributed by atoms with Crippen LogP contribution >= 0.6 is 27.3 Å². The Labute approximate surface area is 121 Å². The maximum atomic E-state index is 4.32. The van der Waals surface area contributed by atoms with Gasteiger partial charge < -0.3 is 0 Å². The molecule has 0 aliphatic rings. The highest BCUT2D eigenvalue weighted by atomic mass is 79.9. The number of aromatic nitrogens is 4. The van der Waals surface area contributed by atoms with E-state index < -0.39 is 0 Å². The van der Waals surface area contributed by atoms with E-state index in [0.717, 1.165) is 20.0 Å². The zero-order valence-corrected chi connectivity index (χ0v) is 12.4. The van der Waals surface area contributed by atoms with Crippen molar-refractivity contribution in [2.45, 2.75) is 6.92 Å². The van der Waals surface area contributed by atoms with Crippen molar-refractivity contribution in [3.05, 3.63) is 39.3 Å². The van der Waals surface area contributed by atoms with Gasteiger partial charge in [-0.1, -0.05) is 5.10 Å². The molecule has 3 heterocycles. The molecule has 96 valence electrons. The molecule has 3 rings (SSSR count). The standard InChI is InChI=1S/C11H9BrN6S/c1-7(8-2-3-9(12)19-8)14-15-10-4-5-11-16-13-6-18(11)17-10/h2-6H,1H3,(H,15,17)/p+1/b14-7+. The normalized spacial score (nSPS) is 12.0. The molecular formula is C11H10BrN6S+.